The Morgan fingerprint density at radius 1 is 1.00 bits per heavy atom. The second-order valence-corrected chi connectivity index (χ2v) is 8.77. The number of nitrogens with zero attached hydrogens (tertiary/aromatic N) is 2. The fourth-order valence-corrected chi connectivity index (χ4v) is 4.93. The van der Waals surface area contributed by atoms with Crippen molar-refractivity contribution in [2.75, 3.05) is 45.8 Å². The zero-order valence-corrected chi connectivity index (χ0v) is 16.9. The quantitative estimate of drug-likeness (QED) is 0.768. The maximum Gasteiger partial charge on any atom is 0.225 e. The van der Waals surface area contributed by atoms with E-state index >= 15 is 4.39 Å². The van der Waals surface area contributed by atoms with Crippen LogP contribution in [0.4, 0.5) is 4.39 Å². The van der Waals surface area contributed by atoms with Crippen molar-refractivity contribution in [2.24, 2.45) is 11.8 Å². The van der Waals surface area contributed by atoms with Crippen molar-refractivity contribution < 1.29 is 14.0 Å². The van der Waals surface area contributed by atoms with E-state index in [0.29, 0.717) is 44.7 Å². The number of piperazine rings is 1. The summed E-state index contributed by atoms with van der Waals surface area (Å²) in [6.07, 6.45) is 5.80. The summed E-state index contributed by atoms with van der Waals surface area (Å²) < 4.78 is 15.2. The van der Waals surface area contributed by atoms with Crippen LogP contribution in [-0.2, 0) is 9.59 Å². The van der Waals surface area contributed by atoms with E-state index in [9.17, 15) is 9.59 Å². The number of amides is 1. The Labute approximate surface area is 163 Å². The van der Waals surface area contributed by atoms with Crippen LogP contribution in [0.3, 0.4) is 0 Å². The van der Waals surface area contributed by atoms with Crippen molar-refractivity contribution in [3.05, 3.63) is 0 Å². The molecule has 0 aromatic heterocycles. The van der Waals surface area contributed by atoms with Crippen LogP contribution in [0.2, 0.25) is 0 Å². The summed E-state index contributed by atoms with van der Waals surface area (Å²) in [6, 6.07) is 0. The number of hydrogen-bond acceptors (Lipinski definition) is 4. The highest BCUT2D eigenvalue weighted by Gasteiger charge is 2.39. The Kier molecular flexibility index (Phi) is 7.26. The van der Waals surface area contributed by atoms with Gasteiger partial charge in [-0.15, -0.1) is 0 Å². The van der Waals surface area contributed by atoms with Gasteiger partial charge in [0, 0.05) is 76.9 Å². The van der Waals surface area contributed by atoms with Gasteiger partial charge in [-0.25, -0.2) is 4.39 Å². The number of rotatable bonds is 6. The zero-order chi connectivity index (χ0) is 19.3. The number of alkyl halides is 1. The number of carbonyl (C=O) groups is 2. The molecule has 0 bridgehead atoms. The summed E-state index contributed by atoms with van der Waals surface area (Å²) in [5.41, 5.74) is -1.15. The predicted molar refractivity (Wildman–Crippen MR) is 104 cm³/mol. The molecule has 1 saturated carbocycles. The van der Waals surface area contributed by atoms with Gasteiger partial charge < -0.3 is 10.2 Å². The maximum atomic E-state index is 15.2. The first-order valence-electron chi connectivity index (χ1n) is 10.9. The summed E-state index contributed by atoms with van der Waals surface area (Å²) in [7, 11) is 0. The molecule has 1 amide bonds. The van der Waals surface area contributed by atoms with Crippen LogP contribution in [0.25, 0.3) is 0 Å². The van der Waals surface area contributed by atoms with Crippen molar-refractivity contribution in [3.63, 3.8) is 0 Å². The first kappa shape index (κ1) is 20.7. The number of ketones is 1. The lowest BCUT2D eigenvalue weighted by Gasteiger charge is -2.41. The van der Waals surface area contributed by atoms with Gasteiger partial charge >= 0.3 is 0 Å². The standard InChI is InChI=1S/C21H36FN3O2/c1-2-3-19(26)17-4-6-18(7-5-17)20(27)25-12-8-21(22,9-13-25)16-24-14-10-23-11-15-24/h17-18,23H,2-16H2,1H3. The SMILES string of the molecule is CCCC(=O)C1CCC(C(=O)N2CCC(F)(CN3CCNCC3)CC2)CC1. The fourth-order valence-electron chi connectivity index (χ4n) is 4.93. The smallest absolute Gasteiger partial charge is 0.225 e. The minimum Gasteiger partial charge on any atom is -0.342 e. The van der Waals surface area contributed by atoms with Gasteiger partial charge in [-0.3, -0.25) is 14.5 Å². The first-order chi connectivity index (χ1) is 13.0. The molecule has 2 heterocycles. The highest BCUT2D eigenvalue weighted by Crippen LogP contribution is 2.34. The Morgan fingerprint density at radius 2 is 1.59 bits per heavy atom. The molecule has 0 spiro atoms. The number of piperidine rings is 1. The Bertz CT molecular complexity index is 506. The highest BCUT2D eigenvalue weighted by molar-refractivity contribution is 5.82. The van der Waals surface area contributed by atoms with Gasteiger partial charge in [0.1, 0.15) is 11.5 Å². The summed E-state index contributed by atoms with van der Waals surface area (Å²) in [6.45, 7) is 7.31. The molecule has 0 atom stereocenters. The number of halogens is 1. The molecule has 0 aromatic rings. The molecule has 3 aliphatic rings. The molecule has 3 fully saturated rings. The lowest BCUT2D eigenvalue weighted by molar-refractivity contribution is -0.140. The lowest BCUT2D eigenvalue weighted by Crippen LogP contribution is -2.54. The number of likely N-dealkylation sites (tertiary alicyclic amines) is 1. The molecule has 3 rings (SSSR count). The summed E-state index contributed by atoms with van der Waals surface area (Å²) in [4.78, 5) is 29.0. The zero-order valence-electron chi connectivity index (χ0n) is 16.9. The van der Waals surface area contributed by atoms with Crippen molar-refractivity contribution in [3.8, 4) is 0 Å². The Morgan fingerprint density at radius 3 is 2.19 bits per heavy atom. The van der Waals surface area contributed by atoms with Gasteiger partial charge in [0.2, 0.25) is 5.91 Å². The van der Waals surface area contributed by atoms with Crippen LogP contribution in [0.15, 0.2) is 0 Å². The van der Waals surface area contributed by atoms with Crippen LogP contribution < -0.4 is 5.32 Å². The molecule has 5 nitrogen and oxygen atoms in total. The lowest BCUT2D eigenvalue weighted by atomic mass is 9.78. The average molecular weight is 382 g/mol. The van der Waals surface area contributed by atoms with E-state index < -0.39 is 5.67 Å². The molecule has 27 heavy (non-hydrogen) atoms. The Hall–Kier alpha value is -1.01. The normalized spacial score (nSPS) is 29.5. The van der Waals surface area contributed by atoms with Gasteiger partial charge in [0.15, 0.2) is 0 Å². The van der Waals surface area contributed by atoms with Gasteiger partial charge in [-0.2, -0.15) is 0 Å². The van der Waals surface area contributed by atoms with Crippen LogP contribution >= 0.6 is 0 Å². The topological polar surface area (TPSA) is 52.7 Å². The minimum atomic E-state index is -1.15. The van der Waals surface area contributed by atoms with E-state index in [4.69, 9.17) is 0 Å². The first-order valence-corrected chi connectivity index (χ1v) is 10.9. The Balaban J connectivity index is 1.42. The van der Waals surface area contributed by atoms with Crippen molar-refractivity contribution >= 4 is 11.7 Å². The predicted octanol–water partition coefficient (Wildman–Crippen LogP) is 2.40. The second-order valence-electron chi connectivity index (χ2n) is 8.77. The van der Waals surface area contributed by atoms with Crippen molar-refractivity contribution in [2.45, 2.75) is 64.0 Å². The molecule has 2 saturated heterocycles. The monoisotopic (exact) mass is 381 g/mol. The fraction of sp³-hybridized carbons (Fsp3) is 0.905. The van der Waals surface area contributed by atoms with Crippen molar-refractivity contribution in [1.29, 1.82) is 0 Å². The molecule has 0 radical (unpaired) electrons. The molecule has 6 heteroatoms. The van der Waals surface area contributed by atoms with Crippen molar-refractivity contribution in [1.82, 2.24) is 15.1 Å². The van der Waals surface area contributed by atoms with Gasteiger partial charge in [-0.05, 0) is 32.1 Å². The molecular formula is C21H36FN3O2. The molecule has 1 aliphatic carbocycles. The second kappa shape index (κ2) is 9.46. The largest absolute Gasteiger partial charge is 0.342 e. The third-order valence-corrected chi connectivity index (χ3v) is 6.72. The van der Waals surface area contributed by atoms with E-state index in [2.05, 4.69) is 10.2 Å². The van der Waals surface area contributed by atoms with E-state index in [0.717, 1.165) is 58.3 Å². The maximum absolute atomic E-state index is 15.2. The molecule has 154 valence electrons. The molecule has 1 N–H and O–H groups in total. The summed E-state index contributed by atoms with van der Waals surface area (Å²) in [5.74, 6) is 0.765. The summed E-state index contributed by atoms with van der Waals surface area (Å²) >= 11 is 0. The van der Waals surface area contributed by atoms with E-state index in [1.165, 1.54) is 0 Å². The minimum absolute atomic E-state index is 0.0379. The third kappa shape index (κ3) is 5.50. The summed E-state index contributed by atoms with van der Waals surface area (Å²) in [5, 5.41) is 3.30. The molecule has 0 unspecified atom stereocenters. The molecule has 0 aromatic carbocycles. The van der Waals surface area contributed by atoms with Crippen LogP contribution in [0, 0.1) is 11.8 Å². The number of nitrogens with one attached hydrogen (secondary N) is 1. The van der Waals surface area contributed by atoms with Gasteiger partial charge in [0.25, 0.3) is 0 Å². The number of Topliss-reactive ketones (excluding diaryl/α,β-unsaturated/α-hetero) is 1. The molecule has 2 aliphatic heterocycles. The number of hydrogen-bond donors (Lipinski definition) is 1. The molecular weight excluding hydrogens is 345 g/mol. The number of carbonyl (C=O) groups excluding carboxylic acids is 2. The van der Waals surface area contributed by atoms with E-state index in [-0.39, 0.29) is 17.7 Å². The van der Waals surface area contributed by atoms with E-state index in [1.807, 2.05) is 11.8 Å². The van der Waals surface area contributed by atoms with Crippen LogP contribution in [0.1, 0.15) is 58.3 Å². The highest BCUT2D eigenvalue weighted by atomic mass is 19.1. The van der Waals surface area contributed by atoms with Crippen LogP contribution in [0.5, 0.6) is 0 Å². The van der Waals surface area contributed by atoms with Gasteiger partial charge in [-0.1, -0.05) is 6.92 Å². The van der Waals surface area contributed by atoms with Crippen LogP contribution in [-0.4, -0.2) is 73.0 Å². The van der Waals surface area contributed by atoms with Gasteiger partial charge in [0.05, 0.1) is 0 Å². The average Bonchev–Trinajstić information content (AvgIpc) is 2.69. The van der Waals surface area contributed by atoms with E-state index in [1.54, 1.807) is 0 Å². The third-order valence-electron chi connectivity index (χ3n) is 6.72.